The van der Waals surface area contributed by atoms with Crippen LogP contribution in [0.2, 0.25) is 0 Å². The van der Waals surface area contributed by atoms with Crippen LogP contribution >= 0.6 is 0 Å². The number of hydrogen-bond donors (Lipinski definition) is 2. The zero-order chi connectivity index (χ0) is 16.4. The first-order chi connectivity index (χ1) is 10.6. The quantitative estimate of drug-likeness (QED) is 0.402. The van der Waals surface area contributed by atoms with Crippen molar-refractivity contribution in [2.45, 2.75) is 46.1 Å². The maximum absolute atomic E-state index is 12.0. The Morgan fingerprint density at radius 3 is 2.82 bits per heavy atom. The van der Waals surface area contributed by atoms with Crippen molar-refractivity contribution in [1.82, 2.24) is 15.5 Å². The number of aliphatic imine (C=N–C) groups is 1. The summed E-state index contributed by atoms with van der Waals surface area (Å²) in [7, 11) is 1.76. The van der Waals surface area contributed by atoms with E-state index in [1.54, 1.807) is 7.05 Å². The van der Waals surface area contributed by atoms with Crippen LogP contribution in [-0.4, -0.2) is 62.7 Å². The summed E-state index contributed by atoms with van der Waals surface area (Å²) in [6, 6.07) is 0.273. The molecule has 0 aromatic rings. The van der Waals surface area contributed by atoms with Crippen molar-refractivity contribution in [2.75, 3.05) is 39.9 Å². The van der Waals surface area contributed by atoms with Gasteiger partial charge in [-0.1, -0.05) is 27.2 Å². The Hall–Kier alpha value is -1.30. The third-order valence-electron chi connectivity index (χ3n) is 3.74. The molecule has 6 nitrogen and oxygen atoms in total. The number of guanidine groups is 1. The molecule has 0 saturated carbocycles. The van der Waals surface area contributed by atoms with Crippen LogP contribution in [0, 0.1) is 5.92 Å². The van der Waals surface area contributed by atoms with Gasteiger partial charge >= 0.3 is 0 Å². The molecule has 1 aliphatic heterocycles. The number of carbonyl (C=O) groups is 1. The van der Waals surface area contributed by atoms with Crippen molar-refractivity contribution in [3.63, 3.8) is 0 Å². The number of amides is 1. The largest absolute Gasteiger partial charge is 0.380 e. The summed E-state index contributed by atoms with van der Waals surface area (Å²) in [5.74, 6) is 1.08. The van der Waals surface area contributed by atoms with Gasteiger partial charge in [0.25, 0.3) is 0 Å². The normalized spacial score (nSPS) is 18.9. The molecule has 0 aliphatic carbocycles. The van der Waals surface area contributed by atoms with Crippen molar-refractivity contribution in [3.8, 4) is 0 Å². The van der Waals surface area contributed by atoms with Gasteiger partial charge < -0.3 is 20.3 Å². The van der Waals surface area contributed by atoms with E-state index in [0.29, 0.717) is 6.61 Å². The van der Waals surface area contributed by atoms with Crippen LogP contribution in [0.15, 0.2) is 4.99 Å². The Bertz CT molecular complexity index is 358. The van der Waals surface area contributed by atoms with Gasteiger partial charge in [0.05, 0.1) is 6.61 Å². The van der Waals surface area contributed by atoms with E-state index < -0.39 is 0 Å². The Morgan fingerprint density at radius 2 is 2.18 bits per heavy atom. The molecule has 6 heteroatoms. The first-order valence-corrected chi connectivity index (χ1v) is 8.42. The summed E-state index contributed by atoms with van der Waals surface area (Å²) in [5, 5.41) is 6.63. The number of likely N-dealkylation sites (tertiary alicyclic amines) is 1. The summed E-state index contributed by atoms with van der Waals surface area (Å²) < 4.78 is 5.52. The second kappa shape index (κ2) is 10.4. The molecular weight excluding hydrogens is 280 g/mol. The average molecular weight is 312 g/mol. The molecule has 1 amide bonds. The number of ether oxygens (including phenoxy) is 1. The minimum absolute atomic E-state index is 0.0662. The summed E-state index contributed by atoms with van der Waals surface area (Å²) in [6.45, 7) is 9.87. The molecule has 22 heavy (non-hydrogen) atoms. The molecule has 0 radical (unpaired) electrons. The van der Waals surface area contributed by atoms with Crippen molar-refractivity contribution in [1.29, 1.82) is 0 Å². The fourth-order valence-corrected chi connectivity index (χ4v) is 2.42. The maximum atomic E-state index is 12.0. The van der Waals surface area contributed by atoms with Gasteiger partial charge in [-0.3, -0.25) is 9.79 Å². The lowest BCUT2D eigenvalue weighted by atomic mass is 10.2. The molecule has 0 aromatic heterocycles. The molecule has 2 N–H and O–H groups in total. The zero-order valence-electron chi connectivity index (χ0n) is 14.5. The van der Waals surface area contributed by atoms with Gasteiger partial charge in [-0.25, -0.2) is 0 Å². The standard InChI is InChI=1S/C16H32N4O2/c1-5-6-10-22-11-8-18-16(17-4)19-14-7-9-20(12-14)15(21)13(2)3/h13-14H,5-12H2,1-4H3,(H2,17,18,19). The third-order valence-corrected chi connectivity index (χ3v) is 3.74. The molecular formula is C16H32N4O2. The third kappa shape index (κ3) is 6.64. The van der Waals surface area contributed by atoms with Gasteiger partial charge in [-0.15, -0.1) is 0 Å². The number of nitrogens with zero attached hydrogens (tertiary/aromatic N) is 2. The highest BCUT2D eigenvalue weighted by atomic mass is 16.5. The monoisotopic (exact) mass is 312 g/mol. The van der Waals surface area contributed by atoms with Crippen LogP contribution in [0.25, 0.3) is 0 Å². The summed E-state index contributed by atoms with van der Waals surface area (Å²) in [6.07, 6.45) is 3.23. The first kappa shape index (κ1) is 18.7. The average Bonchev–Trinajstić information content (AvgIpc) is 2.97. The second-order valence-corrected chi connectivity index (χ2v) is 6.03. The van der Waals surface area contributed by atoms with Gasteiger partial charge in [-0.05, 0) is 12.8 Å². The minimum Gasteiger partial charge on any atom is -0.380 e. The predicted octanol–water partition coefficient (Wildman–Crippen LogP) is 1.23. The number of carbonyl (C=O) groups excluding carboxylic acids is 1. The lowest BCUT2D eigenvalue weighted by Gasteiger charge is -2.20. The van der Waals surface area contributed by atoms with Crippen LogP contribution in [0.1, 0.15) is 40.0 Å². The van der Waals surface area contributed by atoms with Crippen LogP contribution in [-0.2, 0) is 9.53 Å². The molecule has 1 rings (SSSR count). The Balaban J connectivity index is 2.22. The smallest absolute Gasteiger partial charge is 0.225 e. The van der Waals surface area contributed by atoms with Gasteiger partial charge in [0.15, 0.2) is 5.96 Å². The summed E-state index contributed by atoms with van der Waals surface area (Å²) in [5.41, 5.74) is 0. The fourth-order valence-electron chi connectivity index (χ4n) is 2.42. The number of hydrogen-bond acceptors (Lipinski definition) is 3. The molecule has 1 aliphatic rings. The summed E-state index contributed by atoms with van der Waals surface area (Å²) >= 11 is 0. The molecule has 128 valence electrons. The molecule has 0 bridgehead atoms. The fraction of sp³-hybridized carbons (Fsp3) is 0.875. The van der Waals surface area contributed by atoms with Gasteiger partial charge in [0.1, 0.15) is 0 Å². The first-order valence-electron chi connectivity index (χ1n) is 8.42. The van der Waals surface area contributed by atoms with Gasteiger partial charge in [0.2, 0.25) is 5.91 Å². The topological polar surface area (TPSA) is 66.0 Å². The van der Waals surface area contributed by atoms with E-state index >= 15 is 0 Å². The van der Waals surface area contributed by atoms with E-state index in [9.17, 15) is 4.79 Å². The lowest BCUT2D eigenvalue weighted by molar-refractivity contribution is -0.133. The van der Waals surface area contributed by atoms with Crippen LogP contribution < -0.4 is 10.6 Å². The number of unbranched alkanes of at least 4 members (excludes halogenated alkanes) is 1. The zero-order valence-corrected chi connectivity index (χ0v) is 14.5. The SMILES string of the molecule is CCCCOCCNC(=NC)NC1CCN(C(=O)C(C)C)C1. The lowest BCUT2D eigenvalue weighted by Crippen LogP contribution is -2.46. The predicted molar refractivity (Wildman–Crippen MR) is 90.0 cm³/mol. The molecule has 1 heterocycles. The van der Waals surface area contributed by atoms with E-state index in [2.05, 4.69) is 22.5 Å². The van der Waals surface area contributed by atoms with Crippen LogP contribution in [0.3, 0.4) is 0 Å². The van der Waals surface area contributed by atoms with E-state index in [1.165, 1.54) is 0 Å². The highest BCUT2D eigenvalue weighted by molar-refractivity contribution is 5.81. The van der Waals surface area contributed by atoms with E-state index in [1.807, 2.05) is 18.7 Å². The highest BCUT2D eigenvalue weighted by Gasteiger charge is 2.27. The second-order valence-electron chi connectivity index (χ2n) is 6.03. The van der Waals surface area contributed by atoms with Crippen molar-refractivity contribution in [3.05, 3.63) is 0 Å². The van der Waals surface area contributed by atoms with E-state index in [0.717, 1.165) is 51.5 Å². The van der Waals surface area contributed by atoms with Crippen molar-refractivity contribution >= 4 is 11.9 Å². The Kier molecular flexibility index (Phi) is 8.89. The van der Waals surface area contributed by atoms with Crippen molar-refractivity contribution < 1.29 is 9.53 Å². The summed E-state index contributed by atoms with van der Waals surface area (Å²) in [4.78, 5) is 18.1. The maximum Gasteiger partial charge on any atom is 0.225 e. The van der Waals surface area contributed by atoms with Crippen molar-refractivity contribution in [2.24, 2.45) is 10.9 Å². The van der Waals surface area contributed by atoms with Gasteiger partial charge in [-0.2, -0.15) is 0 Å². The van der Waals surface area contributed by atoms with Crippen LogP contribution in [0.5, 0.6) is 0 Å². The van der Waals surface area contributed by atoms with Crippen LogP contribution in [0.4, 0.5) is 0 Å². The molecule has 0 aromatic carbocycles. The number of rotatable bonds is 8. The highest BCUT2D eigenvalue weighted by Crippen LogP contribution is 2.12. The molecule has 1 saturated heterocycles. The van der Waals surface area contributed by atoms with E-state index in [4.69, 9.17) is 4.74 Å². The Morgan fingerprint density at radius 1 is 1.41 bits per heavy atom. The molecule has 1 fully saturated rings. The van der Waals surface area contributed by atoms with Gasteiger partial charge in [0, 0.05) is 45.2 Å². The Labute approximate surface area is 134 Å². The molecule has 0 spiro atoms. The minimum atomic E-state index is 0.0662. The molecule has 1 unspecified atom stereocenters. The number of nitrogens with one attached hydrogen (secondary N) is 2. The molecule has 1 atom stereocenters. The van der Waals surface area contributed by atoms with E-state index in [-0.39, 0.29) is 17.9 Å².